The van der Waals surface area contributed by atoms with Gasteiger partial charge in [-0.05, 0) is 18.6 Å². The average Bonchev–Trinajstić information content (AvgIpc) is 2.56. The van der Waals surface area contributed by atoms with Gasteiger partial charge in [-0.15, -0.1) is 0 Å². The van der Waals surface area contributed by atoms with Gasteiger partial charge in [0, 0.05) is 36.3 Å². The number of hydrogen-bond donors (Lipinski definition) is 0. The lowest BCUT2D eigenvalue weighted by Gasteiger charge is -2.14. The molecule has 0 saturated heterocycles. The van der Waals surface area contributed by atoms with Crippen LogP contribution in [0.3, 0.4) is 0 Å². The van der Waals surface area contributed by atoms with E-state index in [4.69, 9.17) is 0 Å². The normalized spacial score (nSPS) is 17.4. The maximum atomic E-state index is 4.62. The first-order chi connectivity index (χ1) is 10.2. The van der Waals surface area contributed by atoms with Crippen LogP contribution in [0.15, 0.2) is 41.8 Å². The Morgan fingerprint density at radius 2 is 2.10 bits per heavy atom. The van der Waals surface area contributed by atoms with Gasteiger partial charge in [0.2, 0.25) is 0 Å². The fourth-order valence-corrected chi connectivity index (χ4v) is 2.11. The molecule has 1 aliphatic heterocycles. The predicted octanol–water partition coefficient (Wildman–Crippen LogP) is 3.13. The van der Waals surface area contributed by atoms with Crippen LogP contribution in [-0.2, 0) is 0 Å². The maximum absolute atomic E-state index is 4.62. The Kier molecular flexibility index (Phi) is 3.81. The first kappa shape index (κ1) is 13.5. The van der Waals surface area contributed by atoms with Gasteiger partial charge in [0.05, 0.1) is 5.92 Å². The van der Waals surface area contributed by atoms with Crippen LogP contribution < -0.4 is 0 Å². The molecule has 106 valence electrons. The minimum Gasteiger partial charge on any atom is -0.269 e. The molecule has 3 heterocycles. The van der Waals surface area contributed by atoms with Crippen molar-refractivity contribution >= 4 is 6.21 Å². The molecule has 0 radical (unpaired) electrons. The van der Waals surface area contributed by atoms with Crippen molar-refractivity contribution < 1.29 is 0 Å². The molecule has 5 nitrogen and oxygen atoms in total. The summed E-state index contributed by atoms with van der Waals surface area (Å²) in [6, 6.07) is 3.85. The van der Waals surface area contributed by atoms with Crippen LogP contribution in [0.25, 0.3) is 11.4 Å². The van der Waals surface area contributed by atoms with Gasteiger partial charge in [-0.2, -0.15) is 0 Å². The third-order valence-corrected chi connectivity index (χ3v) is 3.29. The molecule has 0 spiro atoms. The summed E-state index contributed by atoms with van der Waals surface area (Å²) in [6.45, 7) is 4.17. The van der Waals surface area contributed by atoms with Crippen LogP contribution in [0.5, 0.6) is 0 Å². The highest BCUT2D eigenvalue weighted by atomic mass is 15.0. The molecule has 0 saturated carbocycles. The van der Waals surface area contributed by atoms with E-state index in [0.29, 0.717) is 5.82 Å². The van der Waals surface area contributed by atoms with Crippen molar-refractivity contribution in [2.75, 3.05) is 0 Å². The van der Waals surface area contributed by atoms with Crippen LogP contribution in [0.2, 0.25) is 0 Å². The number of aromatic nitrogens is 4. The smallest absolute Gasteiger partial charge is 0.164 e. The van der Waals surface area contributed by atoms with E-state index in [0.717, 1.165) is 23.6 Å². The minimum atomic E-state index is 0.117. The maximum Gasteiger partial charge on any atom is 0.164 e. The topological polar surface area (TPSA) is 63.9 Å². The summed E-state index contributed by atoms with van der Waals surface area (Å²) < 4.78 is 0. The molecule has 1 atom stereocenters. The second-order valence-electron chi connectivity index (χ2n) is 5.30. The Hall–Kier alpha value is -2.43. The summed E-state index contributed by atoms with van der Waals surface area (Å²) in [5, 5.41) is 0. The number of nitrogens with zero attached hydrogens (tertiary/aromatic N) is 5. The molecular formula is C16H17N5. The van der Waals surface area contributed by atoms with Gasteiger partial charge in [-0.25, -0.2) is 15.0 Å². The molecule has 2 aromatic rings. The Balaban J connectivity index is 2.06. The molecule has 0 aromatic carbocycles. The second-order valence-corrected chi connectivity index (χ2v) is 5.30. The zero-order valence-electron chi connectivity index (χ0n) is 12.1. The third kappa shape index (κ3) is 3.02. The average molecular weight is 279 g/mol. The molecule has 0 amide bonds. The fraction of sp³-hybridized carbons (Fsp3) is 0.312. The summed E-state index contributed by atoms with van der Waals surface area (Å²) in [4.78, 5) is 22.1. The number of hydrogen-bond acceptors (Lipinski definition) is 5. The van der Waals surface area contributed by atoms with Crippen molar-refractivity contribution in [2.45, 2.75) is 32.1 Å². The highest BCUT2D eigenvalue weighted by molar-refractivity contribution is 5.68. The van der Waals surface area contributed by atoms with Gasteiger partial charge in [-0.1, -0.05) is 19.9 Å². The zero-order chi connectivity index (χ0) is 14.7. The fourth-order valence-electron chi connectivity index (χ4n) is 2.11. The van der Waals surface area contributed by atoms with Gasteiger partial charge < -0.3 is 0 Å². The summed E-state index contributed by atoms with van der Waals surface area (Å²) in [5.41, 5.74) is 0.909. The van der Waals surface area contributed by atoms with E-state index in [1.807, 2.05) is 30.6 Å². The number of pyridine rings is 1. The van der Waals surface area contributed by atoms with Crippen molar-refractivity contribution in [1.82, 2.24) is 19.9 Å². The summed E-state index contributed by atoms with van der Waals surface area (Å²) in [7, 11) is 0. The van der Waals surface area contributed by atoms with Gasteiger partial charge in [-0.3, -0.25) is 9.98 Å². The van der Waals surface area contributed by atoms with E-state index in [1.54, 1.807) is 12.4 Å². The van der Waals surface area contributed by atoms with Crippen LogP contribution >= 0.6 is 0 Å². The van der Waals surface area contributed by atoms with Crippen molar-refractivity contribution in [1.29, 1.82) is 0 Å². The van der Waals surface area contributed by atoms with E-state index in [2.05, 4.69) is 38.8 Å². The Morgan fingerprint density at radius 3 is 2.76 bits per heavy atom. The van der Waals surface area contributed by atoms with E-state index < -0.39 is 0 Å². The monoisotopic (exact) mass is 279 g/mol. The van der Waals surface area contributed by atoms with Crippen LogP contribution in [0.4, 0.5) is 0 Å². The Labute approximate surface area is 123 Å². The first-order valence-corrected chi connectivity index (χ1v) is 7.08. The van der Waals surface area contributed by atoms with Crippen molar-refractivity contribution in [3.8, 4) is 11.4 Å². The SMILES string of the molecule is CC(C)c1nc(-c2cccnc2)nc(C2C=NC=CC2)n1. The molecule has 1 aliphatic rings. The molecule has 0 bridgehead atoms. The number of rotatable bonds is 3. The van der Waals surface area contributed by atoms with Crippen molar-refractivity contribution in [3.63, 3.8) is 0 Å². The Bertz CT molecular complexity index is 676. The highest BCUT2D eigenvalue weighted by Crippen LogP contribution is 2.22. The third-order valence-electron chi connectivity index (χ3n) is 3.29. The molecule has 0 fully saturated rings. The Morgan fingerprint density at radius 1 is 1.19 bits per heavy atom. The highest BCUT2D eigenvalue weighted by Gasteiger charge is 2.17. The van der Waals surface area contributed by atoms with Crippen LogP contribution in [0, 0.1) is 0 Å². The quantitative estimate of drug-likeness (QED) is 0.866. The van der Waals surface area contributed by atoms with Gasteiger partial charge in [0.1, 0.15) is 11.6 Å². The minimum absolute atomic E-state index is 0.117. The van der Waals surface area contributed by atoms with Crippen molar-refractivity contribution in [2.24, 2.45) is 4.99 Å². The molecule has 21 heavy (non-hydrogen) atoms. The molecule has 0 N–H and O–H groups in total. The summed E-state index contributed by atoms with van der Waals surface area (Å²) in [6.07, 6.45) is 10.1. The summed E-state index contributed by atoms with van der Waals surface area (Å²) >= 11 is 0. The van der Waals surface area contributed by atoms with E-state index in [-0.39, 0.29) is 11.8 Å². The van der Waals surface area contributed by atoms with E-state index >= 15 is 0 Å². The predicted molar refractivity (Wildman–Crippen MR) is 82.1 cm³/mol. The molecule has 5 heteroatoms. The number of aliphatic imine (C=N–C) groups is 1. The summed E-state index contributed by atoms with van der Waals surface area (Å²) in [5.74, 6) is 2.63. The molecule has 1 unspecified atom stereocenters. The second kappa shape index (κ2) is 5.91. The largest absolute Gasteiger partial charge is 0.269 e. The lowest BCUT2D eigenvalue weighted by Crippen LogP contribution is -2.12. The zero-order valence-corrected chi connectivity index (χ0v) is 12.1. The van der Waals surface area contributed by atoms with E-state index in [1.165, 1.54) is 0 Å². The lowest BCUT2D eigenvalue weighted by molar-refractivity contribution is 0.714. The van der Waals surface area contributed by atoms with Crippen LogP contribution in [-0.4, -0.2) is 26.2 Å². The van der Waals surface area contributed by atoms with Crippen LogP contribution in [0.1, 0.15) is 43.8 Å². The molecule has 3 rings (SSSR count). The first-order valence-electron chi connectivity index (χ1n) is 7.08. The van der Waals surface area contributed by atoms with Crippen molar-refractivity contribution in [3.05, 3.63) is 48.5 Å². The van der Waals surface area contributed by atoms with Gasteiger partial charge in [0.15, 0.2) is 5.82 Å². The lowest BCUT2D eigenvalue weighted by atomic mass is 10.0. The standard InChI is InChI=1S/C16H17N5/c1-11(2)14-19-15(12-5-3-7-17-9-12)21-16(20-14)13-6-4-8-18-10-13/h3-5,7-11,13H,6H2,1-2H3. The number of allylic oxidation sites excluding steroid dienone is 1. The van der Waals surface area contributed by atoms with Gasteiger partial charge in [0.25, 0.3) is 0 Å². The molecule has 0 aliphatic carbocycles. The molecular weight excluding hydrogens is 262 g/mol. The molecule has 2 aromatic heterocycles. The van der Waals surface area contributed by atoms with Gasteiger partial charge >= 0.3 is 0 Å². The van der Waals surface area contributed by atoms with E-state index in [9.17, 15) is 0 Å².